The van der Waals surface area contributed by atoms with Gasteiger partial charge in [0.2, 0.25) is 0 Å². The van der Waals surface area contributed by atoms with Gasteiger partial charge in [-0.3, -0.25) is 9.63 Å². The highest BCUT2D eigenvalue weighted by atomic mass is 16.7. The molecule has 1 fully saturated rings. The van der Waals surface area contributed by atoms with E-state index < -0.39 is 6.10 Å². The van der Waals surface area contributed by atoms with Gasteiger partial charge in [-0.05, 0) is 60.3 Å². The first kappa shape index (κ1) is 24.4. The van der Waals surface area contributed by atoms with E-state index in [1.54, 1.807) is 0 Å². The van der Waals surface area contributed by atoms with Gasteiger partial charge in [0.05, 0.1) is 27.2 Å². The average Bonchev–Trinajstić information content (AvgIpc) is 2.54. The summed E-state index contributed by atoms with van der Waals surface area (Å²) in [5.74, 6) is 0.711. The van der Waals surface area contributed by atoms with Gasteiger partial charge in [0.25, 0.3) is 5.91 Å². The topological polar surface area (TPSA) is 41.6 Å². The predicted molar refractivity (Wildman–Crippen MR) is 113 cm³/mol. The number of amides is 1. The van der Waals surface area contributed by atoms with Crippen LogP contribution in [-0.2, 0) is 9.63 Å². The Morgan fingerprint density at radius 2 is 1.74 bits per heavy atom. The van der Waals surface area contributed by atoms with E-state index in [9.17, 15) is 4.79 Å². The molecular weight excluding hydrogens is 338 g/mol. The molecule has 0 aromatic heterocycles. The molecule has 1 atom stereocenters. The van der Waals surface area contributed by atoms with Gasteiger partial charge in [0.1, 0.15) is 0 Å². The molecule has 5 nitrogen and oxygen atoms in total. The summed E-state index contributed by atoms with van der Waals surface area (Å²) < 4.78 is 0.983. The summed E-state index contributed by atoms with van der Waals surface area (Å²) in [6.07, 6.45) is 5.23. The standard InChI is InChI=1S/C22H45N3O2/c1-10-13-19-16-21(4,5)24(22(6,7)17-19)27-18(3)20(26)23-14-12-15-25(8,9)11-2/h18-19H,10-17H2,1-9H3/p+1. The third-order valence-electron chi connectivity index (χ3n) is 6.10. The lowest BCUT2D eigenvalue weighted by Gasteiger charge is -2.54. The van der Waals surface area contributed by atoms with E-state index in [1.807, 2.05) is 6.92 Å². The van der Waals surface area contributed by atoms with Crippen LogP contribution in [0.3, 0.4) is 0 Å². The Bertz CT molecular complexity index is 456. The molecular formula is C22H46N3O2+. The number of carbonyl (C=O) groups excluding carboxylic acids is 1. The van der Waals surface area contributed by atoms with Crippen molar-refractivity contribution in [2.75, 3.05) is 33.7 Å². The number of nitrogens with one attached hydrogen (secondary N) is 1. The van der Waals surface area contributed by atoms with Crippen LogP contribution >= 0.6 is 0 Å². The molecule has 1 unspecified atom stereocenters. The second-order valence-electron chi connectivity index (χ2n) is 10.3. The first-order chi connectivity index (χ1) is 12.3. The van der Waals surface area contributed by atoms with Crippen LogP contribution < -0.4 is 5.32 Å². The van der Waals surface area contributed by atoms with Crippen LogP contribution in [0.2, 0.25) is 0 Å². The van der Waals surface area contributed by atoms with Crippen molar-refractivity contribution < 1.29 is 14.1 Å². The molecule has 0 spiro atoms. The number of quaternary nitrogens is 1. The zero-order valence-corrected chi connectivity index (χ0v) is 19.5. The van der Waals surface area contributed by atoms with Crippen LogP contribution in [0, 0.1) is 5.92 Å². The third kappa shape index (κ3) is 7.35. The number of rotatable bonds is 10. The lowest BCUT2D eigenvalue weighted by molar-refractivity contribution is -0.888. The SMILES string of the molecule is CCCC1CC(C)(C)N(OC(C)C(=O)NCCC[N+](C)(C)CC)C(C)(C)C1. The maximum atomic E-state index is 12.5. The summed E-state index contributed by atoms with van der Waals surface area (Å²) in [6.45, 7) is 18.2. The van der Waals surface area contributed by atoms with Crippen molar-refractivity contribution in [1.82, 2.24) is 10.4 Å². The minimum Gasteiger partial charge on any atom is -0.354 e. The molecule has 27 heavy (non-hydrogen) atoms. The molecule has 160 valence electrons. The fraction of sp³-hybridized carbons (Fsp3) is 0.955. The number of carbonyl (C=O) groups is 1. The first-order valence-electron chi connectivity index (χ1n) is 10.9. The molecule has 1 saturated heterocycles. The van der Waals surface area contributed by atoms with Gasteiger partial charge < -0.3 is 9.80 Å². The van der Waals surface area contributed by atoms with E-state index in [1.165, 1.54) is 12.8 Å². The highest BCUT2D eigenvalue weighted by Gasteiger charge is 2.47. The number of nitrogens with zero attached hydrogens (tertiary/aromatic N) is 2. The lowest BCUT2D eigenvalue weighted by Crippen LogP contribution is -2.62. The molecule has 1 rings (SSSR count). The number of hydrogen-bond acceptors (Lipinski definition) is 3. The molecule has 0 aromatic rings. The van der Waals surface area contributed by atoms with E-state index in [2.05, 4.69) is 66.0 Å². The predicted octanol–water partition coefficient (Wildman–Crippen LogP) is 3.98. The molecule has 1 aliphatic rings. The van der Waals surface area contributed by atoms with Crippen LogP contribution in [0.25, 0.3) is 0 Å². The third-order valence-corrected chi connectivity index (χ3v) is 6.10. The maximum Gasteiger partial charge on any atom is 0.250 e. The largest absolute Gasteiger partial charge is 0.354 e. The lowest BCUT2D eigenvalue weighted by atomic mass is 9.74. The molecule has 0 radical (unpaired) electrons. The van der Waals surface area contributed by atoms with Crippen LogP contribution in [0.15, 0.2) is 0 Å². The van der Waals surface area contributed by atoms with Crippen LogP contribution in [-0.4, -0.2) is 66.4 Å². The van der Waals surface area contributed by atoms with Gasteiger partial charge in [-0.2, -0.15) is 5.06 Å². The average molecular weight is 385 g/mol. The Morgan fingerprint density at radius 3 is 2.22 bits per heavy atom. The highest BCUT2D eigenvalue weighted by Crippen LogP contribution is 2.43. The quantitative estimate of drug-likeness (QED) is 0.457. The van der Waals surface area contributed by atoms with E-state index in [0.29, 0.717) is 6.54 Å². The van der Waals surface area contributed by atoms with Crippen LogP contribution in [0.5, 0.6) is 0 Å². The molecule has 1 N–H and O–H groups in total. The van der Waals surface area contributed by atoms with Crippen molar-refractivity contribution in [3.8, 4) is 0 Å². The van der Waals surface area contributed by atoms with Gasteiger partial charge in [-0.1, -0.05) is 19.8 Å². The van der Waals surface area contributed by atoms with Crippen molar-refractivity contribution in [2.24, 2.45) is 5.92 Å². The van der Waals surface area contributed by atoms with E-state index in [0.717, 1.165) is 42.8 Å². The molecule has 1 heterocycles. The Hall–Kier alpha value is -0.650. The Labute approximate surface area is 168 Å². The molecule has 0 aliphatic carbocycles. The zero-order chi connectivity index (χ0) is 20.9. The van der Waals surface area contributed by atoms with Crippen molar-refractivity contribution in [3.05, 3.63) is 0 Å². The normalized spacial score (nSPS) is 21.8. The van der Waals surface area contributed by atoms with Gasteiger partial charge >= 0.3 is 0 Å². The molecule has 0 bridgehead atoms. The summed E-state index contributed by atoms with van der Waals surface area (Å²) in [5, 5.41) is 5.16. The van der Waals surface area contributed by atoms with Crippen LogP contribution in [0.1, 0.15) is 80.6 Å². The summed E-state index contributed by atoms with van der Waals surface area (Å²) in [5.41, 5.74) is -0.141. The molecule has 0 saturated carbocycles. The number of hydrogen-bond donors (Lipinski definition) is 1. The number of hydroxylamine groups is 2. The maximum absolute atomic E-state index is 12.5. The Morgan fingerprint density at radius 1 is 1.19 bits per heavy atom. The second kappa shape index (κ2) is 9.71. The van der Waals surface area contributed by atoms with Gasteiger partial charge in [0.15, 0.2) is 6.10 Å². The van der Waals surface area contributed by atoms with Crippen molar-refractivity contribution in [1.29, 1.82) is 0 Å². The van der Waals surface area contributed by atoms with Crippen molar-refractivity contribution in [2.45, 2.75) is 97.8 Å². The summed E-state index contributed by atoms with van der Waals surface area (Å²) in [6, 6.07) is 0. The van der Waals surface area contributed by atoms with E-state index in [4.69, 9.17) is 4.84 Å². The fourth-order valence-corrected chi connectivity index (χ4v) is 4.59. The van der Waals surface area contributed by atoms with Gasteiger partial charge in [-0.25, -0.2) is 0 Å². The molecule has 5 heteroatoms. The minimum absolute atomic E-state index is 0.0147. The molecule has 1 aliphatic heterocycles. The smallest absolute Gasteiger partial charge is 0.250 e. The first-order valence-corrected chi connectivity index (χ1v) is 10.9. The van der Waals surface area contributed by atoms with E-state index >= 15 is 0 Å². The van der Waals surface area contributed by atoms with Crippen LogP contribution in [0.4, 0.5) is 0 Å². The fourth-order valence-electron chi connectivity index (χ4n) is 4.59. The summed E-state index contributed by atoms with van der Waals surface area (Å²) in [7, 11) is 4.44. The Kier molecular flexibility index (Phi) is 8.77. The summed E-state index contributed by atoms with van der Waals surface area (Å²) in [4.78, 5) is 18.8. The Balaban J connectivity index is 2.58. The van der Waals surface area contributed by atoms with Crippen molar-refractivity contribution in [3.63, 3.8) is 0 Å². The minimum atomic E-state index is -0.472. The number of piperidine rings is 1. The molecule has 0 aromatic carbocycles. The van der Waals surface area contributed by atoms with E-state index in [-0.39, 0.29) is 17.0 Å². The zero-order valence-electron chi connectivity index (χ0n) is 19.5. The second-order valence-corrected chi connectivity index (χ2v) is 10.3. The highest BCUT2D eigenvalue weighted by molar-refractivity contribution is 5.80. The summed E-state index contributed by atoms with van der Waals surface area (Å²) >= 11 is 0. The molecule has 1 amide bonds. The monoisotopic (exact) mass is 384 g/mol. The van der Waals surface area contributed by atoms with Crippen molar-refractivity contribution >= 4 is 5.91 Å². The van der Waals surface area contributed by atoms with Gasteiger partial charge in [-0.15, -0.1) is 0 Å². The van der Waals surface area contributed by atoms with Gasteiger partial charge in [0, 0.05) is 24.0 Å².